The summed E-state index contributed by atoms with van der Waals surface area (Å²) < 4.78 is 5.15. The number of Topliss-reactive ketones (excluding diaryl/α,β-unsaturated/α-hetero) is 1. The number of hydrogen-bond donors (Lipinski definition) is 0. The maximum absolute atomic E-state index is 12.2. The molecule has 0 radical (unpaired) electrons. The molecule has 0 aliphatic carbocycles. The second kappa shape index (κ2) is 6.88. The van der Waals surface area contributed by atoms with E-state index in [2.05, 4.69) is 0 Å². The van der Waals surface area contributed by atoms with E-state index >= 15 is 0 Å². The average molecular weight is 314 g/mol. The number of nitriles is 1. The molecule has 0 amide bonds. The van der Waals surface area contributed by atoms with Gasteiger partial charge in [-0.15, -0.1) is 0 Å². The molecule has 0 N–H and O–H groups in total. The van der Waals surface area contributed by atoms with Crippen molar-refractivity contribution in [2.24, 2.45) is 0 Å². The molecular formula is C17H12ClNO3. The maximum atomic E-state index is 12.2. The van der Waals surface area contributed by atoms with E-state index in [-0.39, 0.29) is 11.3 Å². The van der Waals surface area contributed by atoms with Crippen molar-refractivity contribution >= 4 is 23.4 Å². The summed E-state index contributed by atoms with van der Waals surface area (Å²) in [6.45, 7) is 1.51. The Morgan fingerprint density at radius 2 is 1.59 bits per heavy atom. The lowest BCUT2D eigenvalue weighted by atomic mass is 10.1. The van der Waals surface area contributed by atoms with Crippen molar-refractivity contribution < 1.29 is 14.3 Å². The van der Waals surface area contributed by atoms with E-state index in [1.807, 2.05) is 6.07 Å². The standard InChI is InChI=1S/C17H12ClNO3/c1-11(16(20)13-6-8-15(18)9-7-13)22-17(21)14-4-2-12(10-19)3-5-14/h2-9,11H,1H3/t11-/m0/s1. The molecule has 0 aliphatic rings. The topological polar surface area (TPSA) is 67.2 Å². The lowest BCUT2D eigenvalue weighted by molar-refractivity contribution is 0.0319. The van der Waals surface area contributed by atoms with Crippen LogP contribution in [0.4, 0.5) is 0 Å². The van der Waals surface area contributed by atoms with Gasteiger partial charge in [0.05, 0.1) is 17.2 Å². The number of nitrogens with zero attached hydrogens (tertiary/aromatic N) is 1. The summed E-state index contributed by atoms with van der Waals surface area (Å²) in [7, 11) is 0. The van der Waals surface area contributed by atoms with Crippen molar-refractivity contribution in [3.63, 3.8) is 0 Å². The smallest absolute Gasteiger partial charge is 0.338 e. The van der Waals surface area contributed by atoms with Crippen LogP contribution in [0.1, 0.15) is 33.2 Å². The van der Waals surface area contributed by atoms with Crippen molar-refractivity contribution in [1.82, 2.24) is 0 Å². The summed E-state index contributed by atoms with van der Waals surface area (Å²) in [4.78, 5) is 24.1. The predicted octanol–water partition coefficient (Wildman–Crippen LogP) is 3.64. The Labute approximate surface area is 132 Å². The van der Waals surface area contributed by atoms with Crippen LogP contribution in [0.15, 0.2) is 48.5 Å². The molecule has 0 unspecified atom stereocenters. The number of ketones is 1. The van der Waals surface area contributed by atoms with E-state index < -0.39 is 12.1 Å². The Morgan fingerprint density at radius 1 is 1.05 bits per heavy atom. The van der Waals surface area contributed by atoms with E-state index in [1.54, 1.807) is 24.3 Å². The first-order valence-electron chi connectivity index (χ1n) is 6.52. The largest absolute Gasteiger partial charge is 0.451 e. The van der Waals surface area contributed by atoms with Gasteiger partial charge in [-0.25, -0.2) is 4.79 Å². The molecule has 22 heavy (non-hydrogen) atoms. The highest BCUT2D eigenvalue weighted by atomic mass is 35.5. The van der Waals surface area contributed by atoms with Crippen LogP contribution < -0.4 is 0 Å². The van der Waals surface area contributed by atoms with Gasteiger partial charge in [-0.3, -0.25) is 4.79 Å². The maximum Gasteiger partial charge on any atom is 0.338 e. The highest BCUT2D eigenvalue weighted by molar-refractivity contribution is 6.30. The molecule has 4 nitrogen and oxygen atoms in total. The fourth-order valence-corrected chi connectivity index (χ4v) is 1.94. The van der Waals surface area contributed by atoms with Gasteiger partial charge in [0, 0.05) is 10.6 Å². The molecule has 0 spiro atoms. The van der Waals surface area contributed by atoms with E-state index in [0.29, 0.717) is 16.1 Å². The van der Waals surface area contributed by atoms with Gasteiger partial charge in [0.15, 0.2) is 6.10 Å². The zero-order chi connectivity index (χ0) is 16.1. The molecule has 0 heterocycles. The number of ether oxygens (including phenoxy) is 1. The fourth-order valence-electron chi connectivity index (χ4n) is 1.81. The minimum Gasteiger partial charge on any atom is -0.451 e. The predicted molar refractivity (Wildman–Crippen MR) is 81.8 cm³/mol. The number of benzene rings is 2. The van der Waals surface area contributed by atoms with Crippen LogP contribution in [0.5, 0.6) is 0 Å². The summed E-state index contributed by atoms with van der Waals surface area (Å²) in [5.74, 6) is -0.919. The van der Waals surface area contributed by atoms with Crippen LogP contribution in [0.3, 0.4) is 0 Å². The third kappa shape index (κ3) is 3.72. The Bertz CT molecular complexity index is 730. The molecule has 1 atom stereocenters. The van der Waals surface area contributed by atoms with E-state index in [4.69, 9.17) is 21.6 Å². The normalized spacial score (nSPS) is 11.3. The second-order valence-electron chi connectivity index (χ2n) is 4.61. The first kappa shape index (κ1) is 15.7. The van der Waals surface area contributed by atoms with Crippen molar-refractivity contribution in [1.29, 1.82) is 5.26 Å². The average Bonchev–Trinajstić information content (AvgIpc) is 2.54. The third-order valence-electron chi connectivity index (χ3n) is 3.03. The van der Waals surface area contributed by atoms with Gasteiger partial charge in [0.2, 0.25) is 5.78 Å². The quantitative estimate of drug-likeness (QED) is 0.638. The number of esters is 1. The number of halogens is 1. The molecule has 110 valence electrons. The van der Waals surface area contributed by atoms with Crippen LogP contribution in [-0.2, 0) is 4.74 Å². The Hall–Kier alpha value is -2.64. The molecule has 0 aromatic heterocycles. The van der Waals surface area contributed by atoms with Crippen molar-refractivity contribution in [2.45, 2.75) is 13.0 Å². The molecule has 5 heteroatoms. The van der Waals surface area contributed by atoms with Gasteiger partial charge < -0.3 is 4.74 Å². The molecular weight excluding hydrogens is 302 g/mol. The molecule has 0 aliphatic heterocycles. The molecule has 2 aromatic rings. The second-order valence-corrected chi connectivity index (χ2v) is 5.04. The Morgan fingerprint density at radius 3 is 2.14 bits per heavy atom. The van der Waals surface area contributed by atoms with Crippen LogP contribution in [0.25, 0.3) is 0 Å². The minimum atomic E-state index is -0.913. The van der Waals surface area contributed by atoms with Gasteiger partial charge in [0.25, 0.3) is 0 Å². The Kier molecular flexibility index (Phi) is 4.92. The van der Waals surface area contributed by atoms with E-state index in [0.717, 1.165) is 0 Å². The monoisotopic (exact) mass is 313 g/mol. The van der Waals surface area contributed by atoms with Gasteiger partial charge >= 0.3 is 5.97 Å². The number of hydrogen-bond acceptors (Lipinski definition) is 4. The van der Waals surface area contributed by atoms with Gasteiger partial charge in [-0.2, -0.15) is 5.26 Å². The first-order chi connectivity index (χ1) is 10.5. The molecule has 0 saturated carbocycles. The third-order valence-corrected chi connectivity index (χ3v) is 3.28. The van der Waals surface area contributed by atoms with Crippen molar-refractivity contribution in [3.05, 3.63) is 70.2 Å². The summed E-state index contributed by atoms with van der Waals surface area (Å²) in [6, 6.07) is 14.3. The van der Waals surface area contributed by atoms with Gasteiger partial charge in [-0.1, -0.05) is 11.6 Å². The highest BCUT2D eigenvalue weighted by Crippen LogP contribution is 2.13. The zero-order valence-corrected chi connectivity index (χ0v) is 12.5. The van der Waals surface area contributed by atoms with E-state index in [1.165, 1.54) is 31.2 Å². The lowest BCUT2D eigenvalue weighted by Crippen LogP contribution is -2.24. The molecule has 2 aromatic carbocycles. The lowest BCUT2D eigenvalue weighted by Gasteiger charge is -2.12. The molecule has 0 saturated heterocycles. The number of carbonyl (C=O) groups is 2. The Balaban J connectivity index is 2.05. The zero-order valence-electron chi connectivity index (χ0n) is 11.7. The number of rotatable bonds is 4. The van der Waals surface area contributed by atoms with E-state index in [9.17, 15) is 9.59 Å². The SMILES string of the molecule is C[C@H](OC(=O)c1ccc(C#N)cc1)C(=O)c1ccc(Cl)cc1. The summed E-state index contributed by atoms with van der Waals surface area (Å²) >= 11 is 5.77. The van der Waals surface area contributed by atoms with Crippen molar-refractivity contribution in [3.8, 4) is 6.07 Å². The first-order valence-corrected chi connectivity index (χ1v) is 6.90. The van der Waals surface area contributed by atoms with Crippen LogP contribution >= 0.6 is 11.6 Å². The highest BCUT2D eigenvalue weighted by Gasteiger charge is 2.20. The van der Waals surface area contributed by atoms with Crippen LogP contribution in [0.2, 0.25) is 5.02 Å². The summed E-state index contributed by atoms with van der Waals surface area (Å²) in [5.41, 5.74) is 1.15. The van der Waals surface area contributed by atoms with Crippen LogP contribution in [-0.4, -0.2) is 17.9 Å². The van der Waals surface area contributed by atoms with Gasteiger partial charge in [-0.05, 0) is 55.5 Å². The summed E-state index contributed by atoms with van der Waals surface area (Å²) in [5, 5.41) is 9.24. The van der Waals surface area contributed by atoms with Crippen LogP contribution in [0, 0.1) is 11.3 Å². The molecule has 0 bridgehead atoms. The number of carbonyl (C=O) groups excluding carboxylic acids is 2. The van der Waals surface area contributed by atoms with Crippen molar-refractivity contribution in [2.75, 3.05) is 0 Å². The molecule has 0 fully saturated rings. The van der Waals surface area contributed by atoms with Gasteiger partial charge in [0.1, 0.15) is 0 Å². The summed E-state index contributed by atoms with van der Waals surface area (Å²) in [6.07, 6.45) is -0.913. The molecule has 2 rings (SSSR count). The fraction of sp³-hybridized carbons (Fsp3) is 0.118. The minimum absolute atomic E-state index is 0.287.